The third-order valence-corrected chi connectivity index (χ3v) is 2.85. The molecule has 2 rings (SSSR count). The van der Waals surface area contributed by atoms with Gasteiger partial charge >= 0.3 is 6.03 Å². The number of carbonyl (C=O) groups excluding carboxylic acids is 2. The summed E-state index contributed by atoms with van der Waals surface area (Å²) in [6.45, 7) is 0. The molecule has 17 heavy (non-hydrogen) atoms. The van der Waals surface area contributed by atoms with E-state index in [-0.39, 0.29) is 0 Å². The Balaban J connectivity index is 2.36. The second-order valence-corrected chi connectivity index (χ2v) is 3.94. The fourth-order valence-corrected chi connectivity index (χ4v) is 1.95. The Labute approximate surface area is 97.2 Å². The first-order valence-electron chi connectivity index (χ1n) is 5.29. The van der Waals surface area contributed by atoms with Crippen LogP contribution in [0.4, 0.5) is 13.6 Å². The van der Waals surface area contributed by atoms with Crippen LogP contribution in [0.3, 0.4) is 0 Å². The Bertz CT molecular complexity index is 418. The molecule has 1 aliphatic heterocycles. The Morgan fingerprint density at radius 3 is 2.59 bits per heavy atom. The number of halogens is 2. The minimum absolute atomic E-state index is 0.379. The molecule has 6 heteroatoms. The molecule has 1 atom stereocenters. The third-order valence-electron chi connectivity index (χ3n) is 2.85. The largest absolute Gasteiger partial charge is 0.331 e. The molecular formula is C11H12F2N2O2. The van der Waals surface area contributed by atoms with Crippen LogP contribution in [0.25, 0.3) is 0 Å². The molecular weight excluding hydrogens is 230 g/mol. The van der Waals surface area contributed by atoms with Crippen molar-refractivity contribution >= 4 is 11.9 Å². The summed E-state index contributed by atoms with van der Waals surface area (Å²) in [5, 5.41) is 0. The number of likely N-dealkylation sites (N-methyl/N-ethyl adjacent to an activating group) is 1. The van der Waals surface area contributed by atoms with Gasteiger partial charge in [-0.3, -0.25) is 14.6 Å². The maximum Gasteiger partial charge on any atom is 0.331 e. The van der Waals surface area contributed by atoms with E-state index in [0.717, 1.165) is 16.2 Å². The molecule has 1 aliphatic carbocycles. The van der Waals surface area contributed by atoms with Gasteiger partial charge in [0.2, 0.25) is 0 Å². The molecule has 1 unspecified atom stereocenters. The van der Waals surface area contributed by atoms with Gasteiger partial charge in [-0.05, 0) is 18.9 Å². The Morgan fingerprint density at radius 1 is 1.35 bits per heavy atom. The molecule has 0 N–H and O–H groups in total. The van der Waals surface area contributed by atoms with E-state index < -0.39 is 24.4 Å². The molecule has 0 bridgehead atoms. The minimum atomic E-state index is -2.88. The van der Waals surface area contributed by atoms with Crippen LogP contribution in [-0.4, -0.2) is 41.3 Å². The van der Waals surface area contributed by atoms with Gasteiger partial charge in [0.15, 0.2) is 6.04 Å². The number of carbonyl (C=O) groups is 2. The maximum atomic E-state index is 12.8. The van der Waals surface area contributed by atoms with Gasteiger partial charge in [0.05, 0.1) is 0 Å². The monoisotopic (exact) mass is 242 g/mol. The van der Waals surface area contributed by atoms with Gasteiger partial charge in [-0.25, -0.2) is 13.6 Å². The van der Waals surface area contributed by atoms with E-state index in [1.54, 1.807) is 18.2 Å². The summed E-state index contributed by atoms with van der Waals surface area (Å²) in [6, 6.07) is -2.39. The van der Waals surface area contributed by atoms with Crippen molar-refractivity contribution in [2.75, 3.05) is 7.05 Å². The summed E-state index contributed by atoms with van der Waals surface area (Å²) in [6.07, 6.45) is 3.71. The predicted molar refractivity (Wildman–Crippen MR) is 56.3 cm³/mol. The predicted octanol–water partition coefficient (Wildman–Crippen LogP) is 1.75. The summed E-state index contributed by atoms with van der Waals surface area (Å²) in [5.41, 5.74) is 0.379. The lowest BCUT2D eigenvalue weighted by Crippen LogP contribution is -2.39. The molecule has 0 aromatic carbocycles. The van der Waals surface area contributed by atoms with Crippen LogP contribution in [-0.2, 0) is 4.79 Å². The van der Waals surface area contributed by atoms with Gasteiger partial charge in [0.25, 0.3) is 12.3 Å². The number of urea groups is 1. The summed E-state index contributed by atoms with van der Waals surface area (Å²) in [7, 11) is 1.22. The van der Waals surface area contributed by atoms with Gasteiger partial charge in [0, 0.05) is 12.7 Å². The highest BCUT2D eigenvalue weighted by molar-refractivity contribution is 6.05. The zero-order chi connectivity index (χ0) is 12.6. The Morgan fingerprint density at radius 2 is 2.06 bits per heavy atom. The van der Waals surface area contributed by atoms with Crippen LogP contribution in [0.2, 0.25) is 0 Å². The maximum absolute atomic E-state index is 12.8. The summed E-state index contributed by atoms with van der Waals surface area (Å²) in [4.78, 5) is 24.9. The van der Waals surface area contributed by atoms with Crippen LogP contribution >= 0.6 is 0 Å². The summed E-state index contributed by atoms with van der Waals surface area (Å²) >= 11 is 0. The normalized spacial score (nSPS) is 24.9. The van der Waals surface area contributed by atoms with Crippen molar-refractivity contribution in [2.24, 2.45) is 0 Å². The zero-order valence-electron chi connectivity index (χ0n) is 9.27. The van der Waals surface area contributed by atoms with Gasteiger partial charge in [-0.2, -0.15) is 0 Å². The molecule has 1 saturated heterocycles. The van der Waals surface area contributed by atoms with Crippen molar-refractivity contribution in [1.29, 1.82) is 0 Å². The van der Waals surface area contributed by atoms with E-state index in [0.29, 0.717) is 12.1 Å². The van der Waals surface area contributed by atoms with E-state index in [4.69, 9.17) is 0 Å². The van der Waals surface area contributed by atoms with Crippen LogP contribution in [0.1, 0.15) is 12.8 Å². The second-order valence-electron chi connectivity index (χ2n) is 3.94. The molecule has 0 saturated carbocycles. The number of hydrogen-bond acceptors (Lipinski definition) is 2. The minimum Gasteiger partial charge on any atom is -0.276 e. The Hall–Kier alpha value is -1.72. The number of hydrogen-bond donors (Lipinski definition) is 0. The van der Waals surface area contributed by atoms with Crippen LogP contribution in [0.5, 0.6) is 0 Å². The number of nitrogens with zero attached hydrogens (tertiary/aromatic N) is 2. The summed E-state index contributed by atoms with van der Waals surface area (Å²) in [5.74, 6) is -0.857. The quantitative estimate of drug-likeness (QED) is 0.692. The van der Waals surface area contributed by atoms with Crippen LogP contribution < -0.4 is 0 Å². The summed E-state index contributed by atoms with van der Waals surface area (Å²) < 4.78 is 25.7. The molecule has 0 aromatic heterocycles. The second kappa shape index (κ2) is 4.27. The third kappa shape index (κ3) is 1.83. The molecule has 0 aromatic rings. The average Bonchev–Trinajstić information content (AvgIpc) is 2.55. The zero-order valence-corrected chi connectivity index (χ0v) is 9.27. The lowest BCUT2D eigenvalue weighted by Gasteiger charge is -2.23. The SMILES string of the molecule is CN1C(=O)C(C(F)F)N(C2=CCCC=C2)C1=O. The molecule has 0 radical (unpaired) electrons. The number of amides is 3. The molecule has 1 heterocycles. The molecule has 3 amide bonds. The number of imide groups is 1. The molecule has 2 aliphatic rings. The smallest absolute Gasteiger partial charge is 0.276 e. The molecule has 1 fully saturated rings. The Kier molecular flexibility index (Phi) is 2.95. The van der Waals surface area contributed by atoms with Crippen molar-refractivity contribution in [2.45, 2.75) is 25.3 Å². The van der Waals surface area contributed by atoms with E-state index >= 15 is 0 Å². The highest BCUT2D eigenvalue weighted by atomic mass is 19.3. The standard InChI is InChI=1S/C11H12F2N2O2/c1-14-10(16)8(9(12)13)15(11(14)17)7-5-3-2-4-6-7/h3,5-6,8-9H,2,4H2,1H3. The lowest BCUT2D eigenvalue weighted by molar-refractivity contribution is -0.130. The molecule has 92 valence electrons. The number of alkyl halides is 2. The lowest BCUT2D eigenvalue weighted by atomic mass is 10.1. The average molecular weight is 242 g/mol. The van der Waals surface area contributed by atoms with Crippen molar-refractivity contribution in [3.05, 3.63) is 23.9 Å². The van der Waals surface area contributed by atoms with Crippen molar-refractivity contribution in [1.82, 2.24) is 9.80 Å². The fraction of sp³-hybridized carbons (Fsp3) is 0.455. The highest BCUT2D eigenvalue weighted by Gasteiger charge is 2.49. The molecule has 0 spiro atoms. The number of allylic oxidation sites excluding steroid dienone is 3. The van der Waals surface area contributed by atoms with Gasteiger partial charge in [0.1, 0.15) is 0 Å². The van der Waals surface area contributed by atoms with E-state index in [1.165, 1.54) is 7.05 Å². The first kappa shape index (κ1) is 11.8. The number of rotatable bonds is 2. The van der Waals surface area contributed by atoms with E-state index in [9.17, 15) is 18.4 Å². The van der Waals surface area contributed by atoms with E-state index in [2.05, 4.69) is 0 Å². The van der Waals surface area contributed by atoms with E-state index in [1.807, 2.05) is 0 Å². The van der Waals surface area contributed by atoms with Gasteiger partial charge in [-0.1, -0.05) is 12.2 Å². The van der Waals surface area contributed by atoms with Crippen molar-refractivity contribution in [3.8, 4) is 0 Å². The fourth-order valence-electron chi connectivity index (χ4n) is 1.95. The topological polar surface area (TPSA) is 40.6 Å². The first-order chi connectivity index (χ1) is 8.04. The van der Waals surface area contributed by atoms with Crippen molar-refractivity contribution < 1.29 is 18.4 Å². The van der Waals surface area contributed by atoms with Gasteiger partial charge in [-0.15, -0.1) is 0 Å². The highest BCUT2D eigenvalue weighted by Crippen LogP contribution is 2.28. The molecule has 4 nitrogen and oxygen atoms in total. The van der Waals surface area contributed by atoms with Crippen molar-refractivity contribution in [3.63, 3.8) is 0 Å². The van der Waals surface area contributed by atoms with Gasteiger partial charge < -0.3 is 0 Å². The first-order valence-corrected chi connectivity index (χ1v) is 5.29. The van der Waals surface area contributed by atoms with Crippen LogP contribution in [0.15, 0.2) is 23.9 Å². The van der Waals surface area contributed by atoms with Crippen LogP contribution in [0, 0.1) is 0 Å².